The Kier molecular flexibility index (Phi) is 11.4. The Labute approximate surface area is 145 Å². The highest BCUT2D eigenvalue weighted by Crippen LogP contribution is 2.18. The first-order valence-electron chi connectivity index (χ1n) is 7.37. The van der Waals surface area contributed by atoms with E-state index in [1.165, 1.54) is 0 Å². The van der Waals surface area contributed by atoms with Gasteiger partial charge in [-0.15, -0.1) is 24.0 Å². The van der Waals surface area contributed by atoms with Gasteiger partial charge in [-0.05, 0) is 32.6 Å². The lowest BCUT2D eigenvalue weighted by atomic mass is 10.1. The Bertz CT molecular complexity index is 401. The summed E-state index contributed by atoms with van der Waals surface area (Å²) in [6, 6.07) is 0. The molecule has 8 heteroatoms. The van der Waals surface area contributed by atoms with Crippen LogP contribution in [0, 0.1) is 5.92 Å². The van der Waals surface area contributed by atoms with E-state index in [0.717, 1.165) is 45.1 Å². The minimum absolute atomic E-state index is 0. The van der Waals surface area contributed by atoms with Gasteiger partial charge in [0.05, 0.1) is 11.5 Å². The quantitative estimate of drug-likeness (QED) is 0.259. The molecule has 1 unspecified atom stereocenters. The van der Waals surface area contributed by atoms with Gasteiger partial charge in [-0.25, -0.2) is 8.42 Å². The number of nitrogens with one attached hydrogen (secondary N) is 2. The van der Waals surface area contributed by atoms with Crippen LogP contribution in [0.1, 0.15) is 26.7 Å². The van der Waals surface area contributed by atoms with Gasteiger partial charge in [-0.1, -0.05) is 0 Å². The summed E-state index contributed by atoms with van der Waals surface area (Å²) in [4.78, 5) is 4.47. The molecule has 126 valence electrons. The Morgan fingerprint density at radius 3 is 2.67 bits per heavy atom. The molecule has 0 aromatic carbocycles. The van der Waals surface area contributed by atoms with Crippen LogP contribution in [-0.2, 0) is 14.6 Å². The van der Waals surface area contributed by atoms with Gasteiger partial charge < -0.3 is 15.4 Å². The second-order valence-corrected chi connectivity index (χ2v) is 7.19. The fourth-order valence-corrected chi connectivity index (χ4v) is 3.95. The van der Waals surface area contributed by atoms with Crippen molar-refractivity contribution in [1.29, 1.82) is 0 Å². The second-order valence-electron chi connectivity index (χ2n) is 4.97. The zero-order valence-electron chi connectivity index (χ0n) is 12.9. The molecule has 0 radical (unpaired) electrons. The maximum atomic E-state index is 11.4. The predicted octanol–water partition coefficient (Wildman–Crippen LogP) is 1.02. The first-order chi connectivity index (χ1) is 9.57. The lowest BCUT2D eigenvalue weighted by molar-refractivity contribution is 0.145. The number of sulfone groups is 1. The van der Waals surface area contributed by atoms with Gasteiger partial charge >= 0.3 is 0 Å². The normalized spacial score (nSPS) is 20.9. The van der Waals surface area contributed by atoms with E-state index in [9.17, 15) is 8.42 Å². The van der Waals surface area contributed by atoms with Crippen LogP contribution in [0.25, 0.3) is 0 Å². The molecule has 0 saturated carbocycles. The van der Waals surface area contributed by atoms with Crippen LogP contribution in [0.2, 0.25) is 0 Å². The van der Waals surface area contributed by atoms with Crippen LogP contribution in [0.3, 0.4) is 0 Å². The summed E-state index contributed by atoms with van der Waals surface area (Å²) in [6.45, 7) is 7.63. The number of guanidine groups is 1. The van der Waals surface area contributed by atoms with E-state index in [4.69, 9.17) is 4.74 Å². The van der Waals surface area contributed by atoms with Crippen molar-refractivity contribution in [3.05, 3.63) is 0 Å². The van der Waals surface area contributed by atoms with Gasteiger partial charge in [0, 0.05) is 32.8 Å². The number of nitrogens with zero attached hydrogens (tertiary/aromatic N) is 1. The maximum Gasteiger partial charge on any atom is 0.191 e. The largest absolute Gasteiger partial charge is 0.382 e. The molecule has 21 heavy (non-hydrogen) atoms. The third-order valence-electron chi connectivity index (χ3n) is 3.14. The number of ether oxygens (including phenoxy) is 1. The van der Waals surface area contributed by atoms with E-state index >= 15 is 0 Å². The Hall–Kier alpha value is -0.0900. The number of rotatable bonds is 8. The van der Waals surface area contributed by atoms with Crippen LogP contribution in [0.5, 0.6) is 0 Å². The van der Waals surface area contributed by atoms with Crippen molar-refractivity contribution in [3.8, 4) is 0 Å². The Morgan fingerprint density at radius 1 is 1.33 bits per heavy atom. The number of halogens is 1. The average molecular weight is 433 g/mol. The maximum absolute atomic E-state index is 11.4. The predicted molar refractivity (Wildman–Crippen MR) is 97.3 cm³/mol. The summed E-state index contributed by atoms with van der Waals surface area (Å²) >= 11 is 0. The second kappa shape index (κ2) is 11.5. The van der Waals surface area contributed by atoms with Gasteiger partial charge in [0.15, 0.2) is 15.8 Å². The fraction of sp³-hybridized carbons (Fsp3) is 0.923. The molecule has 1 fully saturated rings. The van der Waals surface area contributed by atoms with Crippen molar-refractivity contribution in [1.82, 2.24) is 10.6 Å². The van der Waals surface area contributed by atoms with Gasteiger partial charge in [0.1, 0.15) is 0 Å². The summed E-state index contributed by atoms with van der Waals surface area (Å²) in [5, 5.41) is 6.40. The molecule has 1 atom stereocenters. The lowest BCUT2D eigenvalue weighted by Crippen LogP contribution is -2.38. The summed E-state index contributed by atoms with van der Waals surface area (Å²) < 4.78 is 28.1. The van der Waals surface area contributed by atoms with Crippen molar-refractivity contribution in [3.63, 3.8) is 0 Å². The standard InChI is InChI=1S/C13H27N3O3S.HI/c1-3-14-13(15-7-5-8-19-4-2)16-10-12-6-9-20(17,18)11-12;/h12H,3-11H2,1-2H3,(H2,14,15,16);1H. The summed E-state index contributed by atoms with van der Waals surface area (Å²) in [5.74, 6) is 1.51. The lowest BCUT2D eigenvalue weighted by Gasteiger charge is -2.12. The highest BCUT2D eigenvalue weighted by molar-refractivity contribution is 14.0. The van der Waals surface area contributed by atoms with Crippen LogP contribution in [-0.4, -0.2) is 58.7 Å². The van der Waals surface area contributed by atoms with E-state index in [2.05, 4.69) is 15.6 Å². The third-order valence-corrected chi connectivity index (χ3v) is 4.98. The van der Waals surface area contributed by atoms with E-state index in [1.54, 1.807) is 0 Å². The number of hydrogen-bond acceptors (Lipinski definition) is 4. The molecular formula is C13H28IN3O3S. The monoisotopic (exact) mass is 433 g/mol. The minimum atomic E-state index is -2.81. The smallest absolute Gasteiger partial charge is 0.191 e. The van der Waals surface area contributed by atoms with E-state index in [-0.39, 0.29) is 35.6 Å². The Balaban J connectivity index is 0.00000400. The Morgan fingerprint density at radius 2 is 2.10 bits per heavy atom. The molecular weight excluding hydrogens is 405 g/mol. The van der Waals surface area contributed by atoms with Crippen LogP contribution >= 0.6 is 24.0 Å². The molecule has 0 spiro atoms. The zero-order chi connectivity index (χ0) is 14.8. The summed E-state index contributed by atoms with van der Waals surface area (Å²) in [5.41, 5.74) is 0. The summed E-state index contributed by atoms with van der Waals surface area (Å²) in [6.07, 6.45) is 1.66. The van der Waals surface area contributed by atoms with Crippen molar-refractivity contribution in [2.75, 3.05) is 44.4 Å². The van der Waals surface area contributed by atoms with Crippen LogP contribution in [0.4, 0.5) is 0 Å². The minimum Gasteiger partial charge on any atom is -0.382 e. The molecule has 1 saturated heterocycles. The first-order valence-corrected chi connectivity index (χ1v) is 9.20. The van der Waals surface area contributed by atoms with Crippen molar-refractivity contribution in [2.24, 2.45) is 10.9 Å². The summed E-state index contributed by atoms with van der Waals surface area (Å²) in [7, 11) is -2.81. The average Bonchev–Trinajstić information content (AvgIpc) is 2.75. The zero-order valence-corrected chi connectivity index (χ0v) is 16.1. The first kappa shape index (κ1) is 20.9. The molecule has 1 aliphatic heterocycles. The van der Waals surface area contributed by atoms with Crippen LogP contribution < -0.4 is 10.6 Å². The molecule has 2 N–H and O–H groups in total. The van der Waals surface area contributed by atoms with Crippen LogP contribution in [0.15, 0.2) is 4.99 Å². The molecule has 0 amide bonds. The number of hydrogen-bond donors (Lipinski definition) is 2. The molecule has 0 aromatic heterocycles. The van der Waals surface area contributed by atoms with Crippen molar-refractivity contribution in [2.45, 2.75) is 26.7 Å². The molecule has 6 nitrogen and oxygen atoms in total. The molecule has 1 heterocycles. The van der Waals surface area contributed by atoms with Crippen molar-refractivity contribution >= 4 is 39.8 Å². The molecule has 0 bridgehead atoms. The molecule has 1 rings (SSSR count). The molecule has 0 aliphatic carbocycles. The van der Waals surface area contributed by atoms with E-state index < -0.39 is 9.84 Å². The third kappa shape index (κ3) is 9.51. The highest BCUT2D eigenvalue weighted by atomic mass is 127. The SMILES string of the molecule is CCNC(=NCC1CCS(=O)(=O)C1)NCCCOCC.I. The molecule has 1 aliphatic rings. The van der Waals surface area contributed by atoms with E-state index in [1.807, 2.05) is 13.8 Å². The highest BCUT2D eigenvalue weighted by Gasteiger charge is 2.27. The van der Waals surface area contributed by atoms with Gasteiger partial charge in [0.25, 0.3) is 0 Å². The van der Waals surface area contributed by atoms with E-state index in [0.29, 0.717) is 12.3 Å². The van der Waals surface area contributed by atoms with Gasteiger partial charge in [-0.2, -0.15) is 0 Å². The number of aliphatic imine (C=N–C) groups is 1. The van der Waals surface area contributed by atoms with Crippen molar-refractivity contribution < 1.29 is 13.2 Å². The molecule has 0 aromatic rings. The topological polar surface area (TPSA) is 79.8 Å². The fourth-order valence-electron chi connectivity index (χ4n) is 2.10. The van der Waals surface area contributed by atoms with Gasteiger partial charge in [-0.3, -0.25) is 4.99 Å². The van der Waals surface area contributed by atoms with Gasteiger partial charge in [0.2, 0.25) is 0 Å².